The highest BCUT2D eigenvalue weighted by Gasteiger charge is 2.27. The number of rotatable bonds is 3. The minimum atomic E-state index is -0.744. The fraction of sp³-hybridized carbons (Fsp3) is 0.273. The van der Waals surface area contributed by atoms with E-state index in [1.165, 1.54) is 0 Å². The summed E-state index contributed by atoms with van der Waals surface area (Å²) < 4.78 is 5.57. The summed E-state index contributed by atoms with van der Waals surface area (Å²) >= 11 is 0. The third-order valence-corrected chi connectivity index (χ3v) is 4.94. The van der Waals surface area contributed by atoms with Crippen molar-refractivity contribution in [2.75, 3.05) is 7.11 Å². The van der Waals surface area contributed by atoms with Crippen molar-refractivity contribution >= 4 is 29.0 Å². The Morgan fingerprint density at radius 1 is 1.10 bits per heavy atom. The topological polar surface area (TPSA) is 101 Å². The molecule has 150 valence electrons. The number of hydrazone groups is 1. The molecule has 0 saturated heterocycles. The zero-order valence-electron chi connectivity index (χ0n) is 17.3. The normalized spacial score (nSPS) is 16.3. The van der Waals surface area contributed by atoms with E-state index in [9.17, 15) is 4.79 Å². The van der Waals surface area contributed by atoms with Gasteiger partial charge in [0.2, 0.25) is 5.90 Å². The lowest BCUT2D eigenvalue weighted by molar-refractivity contribution is 0.249. The Hall–Kier alpha value is -3.48. The number of methoxy groups -OCH3 is 1. The summed E-state index contributed by atoms with van der Waals surface area (Å²) in [6.45, 7) is 7.92. The molecule has 3 rings (SSSR count). The van der Waals surface area contributed by atoms with Gasteiger partial charge in [0, 0.05) is 11.1 Å². The first-order valence-electron chi connectivity index (χ1n) is 9.29. The lowest BCUT2D eigenvalue weighted by Gasteiger charge is -2.15. The molecular formula is C22H25N5O2. The summed E-state index contributed by atoms with van der Waals surface area (Å²) in [5, 5.41) is 4.06. The number of fused-ring (bicyclic) bond motifs is 1. The van der Waals surface area contributed by atoms with Gasteiger partial charge >= 0.3 is 6.03 Å². The molecule has 0 bridgehead atoms. The fourth-order valence-electron chi connectivity index (χ4n) is 3.20. The van der Waals surface area contributed by atoms with Crippen LogP contribution >= 0.6 is 0 Å². The van der Waals surface area contributed by atoms with Crippen LogP contribution in [-0.2, 0) is 4.74 Å². The van der Waals surface area contributed by atoms with Crippen LogP contribution in [0, 0.1) is 20.8 Å². The third kappa shape index (κ3) is 4.18. The van der Waals surface area contributed by atoms with Crippen molar-refractivity contribution < 1.29 is 9.53 Å². The Kier molecular flexibility index (Phi) is 5.77. The second-order valence-electron chi connectivity index (χ2n) is 7.03. The summed E-state index contributed by atoms with van der Waals surface area (Å²) in [6, 6.07) is 10.9. The van der Waals surface area contributed by atoms with Gasteiger partial charge in [-0.15, -0.1) is 0 Å². The zero-order chi connectivity index (χ0) is 21.1. The molecule has 2 aromatic carbocycles. The van der Waals surface area contributed by atoms with Gasteiger partial charge in [-0.3, -0.25) is 4.99 Å². The number of urea groups is 1. The van der Waals surface area contributed by atoms with Gasteiger partial charge in [-0.05, 0) is 56.5 Å². The number of nitrogens with one attached hydrogen (secondary N) is 1. The Morgan fingerprint density at radius 3 is 2.45 bits per heavy atom. The van der Waals surface area contributed by atoms with Crippen molar-refractivity contribution in [1.29, 1.82) is 0 Å². The van der Waals surface area contributed by atoms with Crippen LogP contribution in [0.2, 0.25) is 0 Å². The van der Waals surface area contributed by atoms with E-state index in [0.717, 1.165) is 39.2 Å². The van der Waals surface area contributed by atoms with Crippen molar-refractivity contribution in [3.05, 3.63) is 64.2 Å². The Morgan fingerprint density at radius 2 is 1.79 bits per heavy atom. The Bertz CT molecular complexity index is 1050. The predicted octanol–water partition coefficient (Wildman–Crippen LogP) is 3.55. The van der Waals surface area contributed by atoms with Crippen LogP contribution in [0.4, 0.5) is 10.5 Å². The second kappa shape index (κ2) is 8.26. The lowest BCUT2D eigenvalue weighted by Crippen LogP contribution is -2.32. The van der Waals surface area contributed by atoms with Gasteiger partial charge in [-0.1, -0.05) is 24.3 Å². The highest BCUT2D eigenvalue weighted by Crippen LogP contribution is 2.31. The van der Waals surface area contributed by atoms with E-state index < -0.39 is 12.1 Å². The number of carbonyl (C=O) groups is 1. The average molecular weight is 391 g/mol. The van der Waals surface area contributed by atoms with Gasteiger partial charge < -0.3 is 10.5 Å². The molecule has 0 spiro atoms. The number of amides is 2. The number of nitrogens with zero attached hydrogens (tertiary/aromatic N) is 3. The van der Waals surface area contributed by atoms with Crippen LogP contribution in [0.25, 0.3) is 0 Å². The molecule has 29 heavy (non-hydrogen) atoms. The zero-order valence-corrected chi connectivity index (χ0v) is 17.3. The first kappa shape index (κ1) is 20.3. The maximum absolute atomic E-state index is 11.1. The third-order valence-electron chi connectivity index (χ3n) is 4.94. The standard InChI is InChI=1S/C22H25N5O2/c1-12-8-6-7-9-16(12)20-17-10-13(2)14(3)11-18(17)24-21(29-5)19(25-20)15(4)26-27-22(23)28/h6-11,19H,1-5H3,(H3,23,27,28)/b26-15+. The predicted molar refractivity (Wildman–Crippen MR) is 116 cm³/mol. The summed E-state index contributed by atoms with van der Waals surface area (Å²) in [4.78, 5) is 20.8. The first-order valence-corrected chi connectivity index (χ1v) is 9.29. The number of hydrogen-bond acceptors (Lipinski definition) is 5. The maximum atomic E-state index is 11.1. The molecule has 3 N–H and O–H groups in total. The van der Waals surface area contributed by atoms with Crippen LogP contribution in [0.5, 0.6) is 0 Å². The molecule has 0 aliphatic carbocycles. The van der Waals surface area contributed by atoms with Crippen LogP contribution in [0.1, 0.15) is 34.7 Å². The van der Waals surface area contributed by atoms with E-state index in [1.54, 1.807) is 14.0 Å². The molecule has 0 fully saturated rings. The molecule has 0 radical (unpaired) electrons. The molecule has 1 heterocycles. The summed E-state index contributed by atoms with van der Waals surface area (Å²) in [7, 11) is 1.55. The molecule has 1 aliphatic heterocycles. The van der Waals surface area contributed by atoms with Crippen molar-refractivity contribution in [1.82, 2.24) is 5.43 Å². The van der Waals surface area contributed by atoms with Gasteiger partial charge in [0.15, 0.2) is 6.04 Å². The first-order chi connectivity index (χ1) is 13.8. The number of aliphatic imine (C=N–C) groups is 2. The van der Waals surface area contributed by atoms with E-state index in [4.69, 9.17) is 20.5 Å². The highest BCUT2D eigenvalue weighted by atomic mass is 16.5. The molecule has 7 nitrogen and oxygen atoms in total. The minimum Gasteiger partial charge on any atom is -0.482 e. The Balaban J connectivity index is 2.29. The number of ether oxygens (including phenoxy) is 1. The number of primary amides is 1. The van der Waals surface area contributed by atoms with Crippen molar-refractivity contribution in [2.24, 2.45) is 20.8 Å². The van der Waals surface area contributed by atoms with Gasteiger partial charge in [0.05, 0.1) is 24.2 Å². The SMILES string of the molecule is COC1=Nc2cc(C)c(C)cc2C(c2ccccc2C)=NC1/C(C)=N/NC(N)=O. The number of benzene rings is 2. The van der Waals surface area contributed by atoms with E-state index in [1.807, 2.05) is 44.2 Å². The summed E-state index contributed by atoms with van der Waals surface area (Å²) in [5.41, 5.74) is 14.8. The maximum Gasteiger partial charge on any atom is 0.332 e. The quantitative estimate of drug-likeness (QED) is 0.617. The van der Waals surface area contributed by atoms with Gasteiger partial charge in [-0.2, -0.15) is 5.10 Å². The number of nitrogens with two attached hydrogens (primary N) is 1. The molecule has 1 unspecified atom stereocenters. The van der Waals surface area contributed by atoms with Gasteiger partial charge in [0.1, 0.15) is 0 Å². The van der Waals surface area contributed by atoms with Crippen LogP contribution < -0.4 is 11.2 Å². The number of hydrogen-bond donors (Lipinski definition) is 2. The fourth-order valence-corrected chi connectivity index (χ4v) is 3.20. The van der Waals surface area contributed by atoms with Crippen molar-refractivity contribution in [2.45, 2.75) is 33.7 Å². The van der Waals surface area contributed by atoms with E-state index in [2.05, 4.69) is 23.5 Å². The molecule has 2 amide bonds. The van der Waals surface area contributed by atoms with Crippen LogP contribution in [-0.4, -0.2) is 36.5 Å². The molecule has 0 aromatic heterocycles. The largest absolute Gasteiger partial charge is 0.482 e. The minimum absolute atomic E-state index is 0.394. The Labute approximate surface area is 170 Å². The lowest BCUT2D eigenvalue weighted by atomic mass is 9.94. The summed E-state index contributed by atoms with van der Waals surface area (Å²) in [6.07, 6.45) is 0. The van der Waals surface area contributed by atoms with E-state index in [-0.39, 0.29) is 0 Å². The van der Waals surface area contributed by atoms with E-state index >= 15 is 0 Å². The molecule has 0 saturated carbocycles. The van der Waals surface area contributed by atoms with Gasteiger partial charge in [0.25, 0.3) is 0 Å². The average Bonchev–Trinajstić information content (AvgIpc) is 2.84. The van der Waals surface area contributed by atoms with Crippen molar-refractivity contribution in [3.8, 4) is 0 Å². The molecule has 2 aromatic rings. The van der Waals surface area contributed by atoms with Crippen LogP contribution in [0.15, 0.2) is 51.5 Å². The second-order valence-corrected chi connectivity index (χ2v) is 7.03. The number of carbonyl (C=O) groups excluding carboxylic acids is 1. The molecule has 1 atom stereocenters. The summed E-state index contributed by atoms with van der Waals surface area (Å²) in [5.74, 6) is 0.394. The molecular weight excluding hydrogens is 366 g/mol. The highest BCUT2D eigenvalue weighted by molar-refractivity contribution is 6.21. The molecule has 7 heteroatoms. The van der Waals surface area contributed by atoms with Crippen LogP contribution in [0.3, 0.4) is 0 Å². The monoisotopic (exact) mass is 391 g/mol. The van der Waals surface area contributed by atoms with E-state index in [0.29, 0.717) is 11.6 Å². The number of aryl methyl sites for hydroxylation is 3. The smallest absolute Gasteiger partial charge is 0.332 e. The van der Waals surface area contributed by atoms with Crippen molar-refractivity contribution in [3.63, 3.8) is 0 Å². The van der Waals surface area contributed by atoms with Gasteiger partial charge in [-0.25, -0.2) is 15.2 Å². The molecule has 1 aliphatic rings.